The number of benzene rings is 1. The number of rotatable bonds is 6. The summed E-state index contributed by atoms with van der Waals surface area (Å²) in [5.41, 5.74) is 1.11. The first-order chi connectivity index (χ1) is 11.0. The molecule has 1 heterocycles. The molecule has 2 rings (SSSR count). The van der Waals surface area contributed by atoms with E-state index in [1.165, 1.54) is 25.9 Å². The van der Waals surface area contributed by atoms with Crippen LogP contribution in [0.5, 0.6) is 0 Å². The van der Waals surface area contributed by atoms with Crippen LogP contribution in [0.1, 0.15) is 10.4 Å². The summed E-state index contributed by atoms with van der Waals surface area (Å²) in [5.74, 6) is -0.125. The normalized spacial score (nSPS) is 10.4. The van der Waals surface area contributed by atoms with Crippen molar-refractivity contribution in [2.24, 2.45) is 7.05 Å². The van der Waals surface area contributed by atoms with Gasteiger partial charge in [-0.25, -0.2) is 10.0 Å². The van der Waals surface area contributed by atoms with Crippen molar-refractivity contribution in [2.75, 3.05) is 25.2 Å². The van der Waals surface area contributed by atoms with Gasteiger partial charge in [-0.05, 0) is 24.3 Å². The Kier molecular flexibility index (Phi) is 5.78. The number of imidazole rings is 1. The third-order valence-corrected chi connectivity index (χ3v) is 4.14. The number of carbonyl (C=O) groups is 2. The number of aromatic nitrogens is 2. The van der Waals surface area contributed by atoms with Crippen LogP contribution < -0.4 is 5.32 Å². The molecule has 2 aromatic rings. The second-order valence-corrected chi connectivity index (χ2v) is 5.66. The van der Waals surface area contributed by atoms with Gasteiger partial charge in [0.25, 0.3) is 5.91 Å². The highest BCUT2D eigenvalue weighted by atomic mass is 32.2. The van der Waals surface area contributed by atoms with Gasteiger partial charge in [0, 0.05) is 37.7 Å². The van der Waals surface area contributed by atoms with Crippen molar-refractivity contribution >= 4 is 29.3 Å². The summed E-state index contributed by atoms with van der Waals surface area (Å²) in [6.07, 6.45) is 3.51. The molecule has 0 aliphatic rings. The van der Waals surface area contributed by atoms with Gasteiger partial charge in [-0.3, -0.25) is 14.4 Å². The van der Waals surface area contributed by atoms with E-state index in [1.54, 1.807) is 30.5 Å². The molecule has 0 saturated heterocycles. The Morgan fingerprint density at radius 3 is 2.61 bits per heavy atom. The van der Waals surface area contributed by atoms with Crippen LogP contribution in [0.4, 0.5) is 5.69 Å². The molecule has 8 heteroatoms. The molecule has 2 amide bonds. The zero-order valence-electron chi connectivity index (χ0n) is 13.1. The van der Waals surface area contributed by atoms with E-state index >= 15 is 0 Å². The maximum atomic E-state index is 11.9. The Labute approximate surface area is 138 Å². The Balaban J connectivity index is 1.89. The summed E-state index contributed by atoms with van der Waals surface area (Å²) >= 11 is 1.36. The van der Waals surface area contributed by atoms with Gasteiger partial charge in [-0.15, -0.1) is 0 Å². The molecule has 0 aliphatic carbocycles. The summed E-state index contributed by atoms with van der Waals surface area (Å²) < 4.78 is 1.85. The molecule has 1 N–H and O–H groups in total. The molecule has 23 heavy (non-hydrogen) atoms. The van der Waals surface area contributed by atoms with Gasteiger partial charge in [0.2, 0.25) is 5.91 Å². The predicted octanol–water partition coefficient (Wildman–Crippen LogP) is 1.78. The Morgan fingerprint density at radius 2 is 2.04 bits per heavy atom. The van der Waals surface area contributed by atoms with Gasteiger partial charge in [-0.1, -0.05) is 11.8 Å². The number of hydrogen-bond donors (Lipinski definition) is 1. The molecule has 0 unspecified atom stereocenters. The Hall–Kier alpha value is -2.32. The minimum absolute atomic E-state index is 0.133. The molecule has 0 bridgehead atoms. The van der Waals surface area contributed by atoms with Crippen LogP contribution in [0, 0.1) is 0 Å². The maximum Gasteiger partial charge on any atom is 0.277 e. The van der Waals surface area contributed by atoms with E-state index in [2.05, 4.69) is 10.3 Å². The third-order valence-electron chi connectivity index (χ3n) is 3.08. The molecule has 0 radical (unpaired) electrons. The summed E-state index contributed by atoms with van der Waals surface area (Å²) in [6, 6.07) is 6.64. The molecular weight excluding hydrogens is 316 g/mol. The summed E-state index contributed by atoms with van der Waals surface area (Å²) in [7, 11) is 4.83. The van der Waals surface area contributed by atoms with Crippen LogP contribution in [0.15, 0.2) is 41.8 Å². The number of nitrogens with zero attached hydrogens (tertiary/aromatic N) is 3. The van der Waals surface area contributed by atoms with Crippen molar-refractivity contribution in [3.05, 3.63) is 42.2 Å². The topological polar surface area (TPSA) is 76.5 Å². The number of hydroxylamine groups is 2. The van der Waals surface area contributed by atoms with E-state index in [1.807, 2.05) is 17.8 Å². The number of nitrogens with one attached hydrogen (secondary N) is 1. The molecule has 0 aliphatic heterocycles. The van der Waals surface area contributed by atoms with Crippen molar-refractivity contribution in [3.8, 4) is 0 Å². The van der Waals surface area contributed by atoms with E-state index < -0.39 is 0 Å². The minimum atomic E-state index is -0.254. The fraction of sp³-hybridized carbons (Fsp3) is 0.267. The summed E-state index contributed by atoms with van der Waals surface area (Å²) in [6.45, 7) is 0. The Morgan fingerprint density at radius 1 is 1.35 bits per heavy atom. The number of thioether (sulfide) groups is 1. The standard InChI is InChI=1S/C15H18N4O3S/c1-18-9-8-16-15(18)23-10-13(20)17-12-6-4-11(5-7-12)14(21)19(2)22-3/h4-9H,10H2,1-3H3,(H,17,20). The van der Waals surface area contributed by atoms with Crippen LogP contribution >= 0.6 is 11.8 Å². The first-order valence-electron chi connectivity index (χ1n) is 6.83. The SMILES string of the molecule is CON(C)C(=O)c1ccc(NC(=O)CSc2nccn2C)cc1. The van der Waals surface area contributed by atoms with E-state index in [0.717, 1.165) is 10.2 Å². The molecule has 0 fully saturated rings. The molecule has 0 saturated carbocycles. The largest absolute Gasteiger partial charge is 0.329 e. The van der Waals surface area contributed by atoms with Crippen LogP contribution in [-0.2, 0) is 16.7 Å². The highest BCUT2D eigenvalue weighted by molar-refractivity contribution is 7.99. The average molecular weight is 334 g/mol. The lowest BCUT2D eigenvalue weighted by atomic mass is 10.2. The van der Waals surface area contributed by atoms with Crippen LogP contribution in [0.3, 0.4) is 0 Å². The second-order valence-electron chi connectivity index (χ2n) is 4.72. The highest BCUT2D eigenvalue weighted by Gasteiger charge is 2.11. The van der Waals surface area contributed by atoms with E-state index in [0.29, 0.717) is 11.3 Å². The number of amides is 2. The smallest absolute Gasteiger partial charge is 0.277 e. The quantitative estimate of drug-likeness (QED) is 0.644. The van der Waals surface area contributed by atoms with Crippen molar-refractivity contribution < 1.29 is 14.4 Å². The van der Waals surface area contributed by atoms with Crippen LogP contribution in [0.2, 0.25) is 0 Å². The van der Waals surface area contributed by atoms with Crippen molar-refractivity contribution in [3.63, 3.8) is 0 Å². The Bertz CT molecular complexity index is 684. The summed E-state index contributed by atoms with van der Waals surface area (Å²) in [4.78, 5) is 32.8. The molecule has 0 atom stereocenters. The van der Waals surface area contributed by atoms with E-state index in [-0.39, 0.29) is 17.6 Å². The van der Waals surface area contributed by atoms with Gasteiger partial charge in [0.1, 0.15) is 0 Å². The highest BCUT2D eigenvalue weighted by Crippen LogP contribution is 2.16. The minimum Gasteiger partial charge on any atom is -0.329 e. The molecular formula is C15H18N4O3S. The first kappa shape index (κ1) is 17.0. The van der Waals surface area contributed by atoms with Gasteiger partial charge >= 0.3 is 0 Å². The second kappa shape index (κ2) is 7.80. The van der Waals surface area contributed by atoms with E-state index in [4.69, 9.17) is 4.84 Å². The van der Waals surface area contributed by atoms with Crippen molar-refractivity contribution in [2.45, 2.75) is 5.16 Å². The monoisotopic (exact) mass is 334 g/mol. The lowest BCUT2D eigenvalue weighted by Crippen LogP contribution is -2.25. The van der Waals surface area contributed by atoms with Gasteiger partial charge in [0.15, 0.2) is 5.16 Å². The van der Waals surface area contributed by atoms with Crippen LogP contribution in [-0.4, -0.2) is 46.3 Å². The molecule has 1 aromatic carbocycles. The number of anilines is 1. The van der Waals surface area contributed by atoms with Crippen LogP contribution in [0.25, 0.3) is 0 Å². The fourth-order valence-electron chi connectivity index (χ4n) is 1.78. The predicted molar refractivity (Wildman–Crippen MR) is 88.1 cm³/mol. The van der Waals surface area contributed by atoms with Gasteiger partial charge in [-0.2, -0.15) is 0 Å². The molecule has 1 aromatic heterocycles. The zero-order chi connectivity index (χ0) is 16.8. The number of aryl methyl sites for hydroxylation is 1. The van der Waals surface area contributed by atoms with Crippen molar-refractivity contribution in [1.29, 1.82) is 0 Å². The number of hydrogen-bond acceptors (Lipinski definition) is 5. The van der Waals surface area contributed by atoms with Gasteiger partial charge < -0.3 is 9.88 Å². The van der Waals surface area contributed by atoms with E-state index in [9.17, 15) is 9.59 Å². The third kappa shape index (κ3) is 4.57. The van der Waals surface area contributed by atoms with Gasteiger partial charge in [0.05, 0.1) is 12.9 Å². The molecule has 7 nitrogen and oxygen atoms in total. The van der Waals surface area contributed by atoms with Crippen molar-refractivity contribution in [1.82, 2.24) is 14.6 Å². The lowest BCUT2D eigenvalue weighted by molar-refractivity contribution is -0.113. The first-order valence-corrected chi connectivity index (χ1v) is 7.82. The number of carbonyl (C=O) groups excluding carboxylic acids is 2. The molecule has 122 valence electrons. The molecule has 0 spiro atoms. The fourth-order valence-corrected chi connectivity index (χ4v) is 2.51. The maximum absolute atomic E-state index is 11.9. The zero-order valence-corrected chi connectivity index (χ0v) is 14.0. The lowest BCUT2D eigenvalue weighted by Gasteiger charge is -2.13. The summed E-state index contributed by atoms with van der Waals surface area (Å²) in [5, 5.41) is 4.70. The average Bonchev–Trinajstić information content (AvgIpc) is 2.97.